The summed E-state index contributed by atoms with van der Waals surface area (Å²) in [7, 11) is 0. The van der Waals surface area contributed by atoms with Crippen molar-refractivity contribution in [3.63, 3.8) is 0 Å². The number of nitrogens with one attached hydrogen (secondary N) is 1. The molecule has 5 nitrogen and oxygen atoms in total. The molecule has 2 amide bonds. The van der Waals surface area contributed by atoms with Crippen molar-refractivity contribution in [3.8, 4) is 6.07 Å². The Balaban J connectivity index is 1.73. The van der Waals surface area contributed by atoms with Crippen LogP contribution < -0.4 is 5.32 Å². The van der Waals surface area contributed by atoms with Crippen molar-refractivity contribution in [1.82, 2.24) is 4.90 Å². The lowest BCUT2D eigenvalue weighted by atomic mass is 10.1. The van der Waals surface area contributed by atoms with Crippen molar-refractivity contribution in [1.29, 1.82) is 5.26 Å². The molecule has 120 valence electrons. The normalized spacial score (nSPS) is 13.4. The van der Waals surface area contributed by atoms with Crippen LogP contribution in [0.5, 0.6) is 0 Å². The van der Waals surface area contributed by atoms with Crippen molar-refractivity contribution in [2.45, 2.75) is 12.8 Å². The Hall–Kier alpha value is -3.13. The first kappa shape index (κ1) is 15.8. The van der Waals surface area contributed by atoms with Gasteiger partial charge >= 0.3 is 0 Å². The van der Waals surface area contributed by atoms with Crippen molar-refractivity contribution < 1.29 is 9.59 Å². The van der Waals surface area contributed by atoms with E-state index in [1.165, 1.54) is 0 Å². The second-order valence-corrected chi connectivity index (χ2v) is 5.72. The van der Waals surface area contributed by atoms with Gasteiger partial charge in [0.25, 0.3) is 11.8 Å². The summed E-state index contributed by atoms with van der Waals surface area (Å²) in [5.74, 6) is -0.309. The predicted molar refractivity (Wildman–Crippen MR) is 90.7 cm³/mol. The highest BCUT2D eigenvalue weighted by Crippen LogP contribution is 2.16. The maximum absolute atomic E-state index is 12.4. The van der Waals surface area contributed by atoms with Gasteiger partial charge in [-0.1, -0.05) is 6.07 Å². The van der Waals surface area contributed by atoms with E-state index in [0.29, 0.717) is 22.4 Å². The lowest BCUT2D eigenvalue weighted by Crippen LogP contribution is -2.27. The van der Waals surface area contributed by atoms with Crippen LogP contribution in [-0.2, 0) is 0 Å². The number of benzene rings is 2. The van der Waals surface area contributed by atoms with E-state index in [1.54, 1.807) is 48.5 Å². The number of carbonyl (C=O) groups excluding carboxylic acids is 2. The van der Waals surface area contributed by atoms with Gasteiger partial charge in [-0.25, -0.2) is 0 Å². The molecule has 0 unspecified atom stereocenters. The van der Waals surface area contributed by atoms with Gasteiger partial charge in [-0.3, -0.25) is 9.59 Å². The zero-order valence-electron chi connectivity index (χ0n) is 13.2. The molecule has 2 aromatic carbocycles. The van der Waals surface area contributed by atoms with Crippen molar-refractivity contribution in [3.05, 3.63) is 65.2 Å². The van der Waals surface area contributed by atoms with Gasteiger partial charge in [0.05, 0.1) is 11.6 Å². The number of nitrogens with zero attached hydrogens (tertiary/aromatic N) is 2. The maximum atomic E-state index is 12.4. The fraction of sp³-hybridized carbons (Fsp3) is 0.211. The molecule has 1 saturated heterocycles. The third-order valence-electron chi connectivity index (χ3n) is 4.04. The van der Waals surface area contributed by atoms with E-state index in [9.17, 15) is 9.59 Å². The largest absolute Gasteiger partial charge is 0.339 e. The number of rotatable bonds is 3. The van der Waals surface area contributed by atoms with Gasteiger partial charge in [0.2, 0.25) is 0 Å². The first-order chi connectivity index (χ1) is 11.7. The van der Waals surface area contributed by atoms with Gasteiger partial charge in [0.15, 0.2) is 0 Å². The predicted octanol–water partition coefficient (Wildman–Crippen LogP) is 3.05. The zero-order chi connectivity index (χ0) is 16.9. The SMILES string of the molecule is N#Cc1ccc(NC(=O)c2cccc(C(=O)N3CCCC3)c2)cc1. The Bertz CT molecular complexity index is 800. The molecule has 3 rings (SSSR count). The smallest absolute Gasteiger partial charge is 0.255 e. The number of likely N-dealkylation sites (tertiary alicyclic amines) is 1. The van der Waals surface area contributed by atoms with Gasteiger partial charge in [-0.2, -0.15) is 5.26 Å². The molecule has 0 saturated carbocycles. The van der Waals surface area contributed by atoms with Gasteiger partial charge < -0.3 is 10.2 Å². The second kappa shape index (κ2) is 6.97. The van der Waals surface area contributed by atoms with Crippen molar-refractivity contribution in [2.75, 3.05) is 18.4 Å². The molecule has 0 radical (unpaired) electrons. The van der Waals surface area contributed by atoms with Gasteiger partial charge in [0, 0.05) is 29.9 Å². The molecule has 1 aliphatic rings. The highest BCUT2D eigenvalue weighted by molar-refractivity contribution is 6.06. The first-order valence-electron chi connectivity index (χ1n) is 7.88. The number of anilines is 1. The van der Waals surface area contributed by atoms with E-state index in [2.05, 4.69) is 5.32 Å². The summed E-state index contributed by atoms with van der Waals surface area (Å²) in [5.41, 5.74) is 2.11. The summed E-state index contributed by atoms with van der Waals surface area (Å²) >= 11 is 0. The van der Waals surface area contributed by atoms with E-state index in [-0.39, 0.29) is 11.8 Å². The molecule has 0 spiro atoms. The van der Waals surface area contributed by atoms with E-state index in [0.717, 1.165) is 25.9 Å². The number of hydrogen-bond donors (Lipinski definition) is 1. The van der Waals surface area contributed by atoms with E-state index < -0.39 is 0 Å². The topological polar surface area (TPSA) is 73.2 Å². The molecular formula is C19H17N3O2. The average molecular weight is 319 g/mol. The van der Waals surface area contributed by atoms with Crippen LogP contribution in [0.2, 0.25) is 0 Å². The Kier molecular flexibility index (Phi) is 4.57. The molecule has 0 aromatic heterocycles. The Morgan fingerprint density at radius 2 is 1.67 bits per heavy atom. The molecule has 24 heavy (non-hydrogen) atoms. The molecule has 1 fully saturated rings. The van der Waals surface area contributed by atoms with E-state index >= 15 is 0 Å². The minimum Gasteiger partial charge on any atom is -0.339 e. The highest BCUT2D eigenvalue weighted by Gasteiger charge is 2.20. The summed E-state index contributed by atoms with van der Waals surface area (Å²) in [6.45, 7) is 1.56. The third-order valence-corrected chi connectivity index (χ3v) is 4.04. The van der Waals surface area contributed by atoms with Crippen LogP contribution in [0.25, 0.3) is 0 Å². The quantitative estimate of drug-likeness (QED) is 0.945. The Labute approximate surface area is 140 Å². The van der Waals surface area contributed by atoms with Crippen LogP contribution in [-0.4, -0.2) is 29.8 Å². The summed E-state index contributed by atoms with van der Waals surface area (Å²) < 4.78 is 0. The average Bonchev–Trinajstić information content (AvgIpc) is 3.16. The zero-order valence-corrected chi connectivity index (χ0v) is 13.2. The number of carbonyl (C=O) groups is 2. The molecule has 1 aliphatic heterocycles. The molecular weight excluding hydrogens is 302 g/mol. The summed E-state index contributed by atoms with van der Waals surface area (Å²) in [4.78, 5) is 26.6. The minimum atomic E-state index is -0.282. The van der Waals surface area contributed by atoms with Crippen LogP contribution in [0.4, 0.5) is 5.69 Å². The first-order valence-corrected chi connectivity index (χ1v) is 7.88. The molecule has 1 heterocycles. The lowest BCUT2D eigenvalue weighted by Gasteiger charge is -2.15. The third kappa shape index (κ3) is 3.44. The van der Waals surface area contributed by atoms with Gasteiger partial charge in [-0.05, 0) is 55.3 Å². The minimum absolute atomic E-state index is 0.0273. The van der Waals surface area contributed by atoms with Crippen LogP contribution in [0.15, 0.2) is 48.5 Å². The number of nitriles is 1. The van der Waals surface area contributed by atoms with Crippen LogP contribution in [0.1, 0.15) is 39.1 Å². The Morgan fingerprint density at radius 3 is 2.33 bits per heavy atom. The van der Waals surface area contributed by atoms with Crippen molar-refractivity contribution in [2.24, 2.45) is 0 Å². The summed E-state index contributed by atoms with van der Waals surface area (Å²) in [6, 6.07) is 15.4. The van der Waals surface area contributed by atoms with Gasteiger partial charge in [0.1, 0.15) is 0 Å². The molecule has 2 aromatic rings. The number of amides is 2. The number of hydrogen-bond acceptors (Lipinski definition) is 3. The van der Waals surface area contributed by atoms with E-state index in [1.807, 2.05) is 11.0 Å². The fourth-order valence-electron chi connectivity index (χ4n) is 2.73. The van der Waals surface area contributed by atoms with Crippen LogP contribution in [0.3, 0.4) is 0 Å². The second-order valence-electron chi connectivity index (χ2n) is 5.72. The molecule has 1 N–H and O–H groups in total. The van der Waals surface area contributed by atoms with Crippen LogP contribution >= 0.6 is 0 Å². The summed E-state index contributed by atoms with van der Waals surface area (Å²) in [6.07, 6.45) is 2.06. The maximum Gasteiger partial charge on any atom is 0.255 e. The molecule has 0 aliphatic carbocycles. The fourth-order valence-corrected chi connectivity index (χ4v) is 2.73. The standard InChI is InChI=1S/C19H17N3O2/c20-13-14-6-8-17(9-7-14)21-18(23)15-4-3-5-16(12-15)19(24)22-10-1-2-11-22/h3-9,12H,1-2,10-11H2,(H,21,23). The Morgan fingerprint density at radius 1 is 1.00 bits per heavy atom. The van der Waals surface area contributed by atoms with Crippen molar-refractivity contribution >= 4 is 17.5 Å². The van der Waals surface area contributed by atoms with E-state index in [4.69, 9.17) is 5.26 Å². The lowest BCUT2D eigenvalue weighted by molar-refractivity contribution is 0.0793. The van der Waals surface area contributed by atoms with Gasteiger partial charge in [-0.15, -0.1) is 0 Å². The monoisotopic (exact) mass is 319 g/mol. The molecule has 0 atom stereocenters. The van der Waals surface area contributed by atoms with Crippen LogP contribution in [0, 0.1) is 11.3 Å². The molecule has 0 bridgehead atoms. The summed E-state index contributed by atoms with van der Waals surface area (Å²) in [5, 5.41) is 11.6. The highest BCUT2D eigenvalue weighted by atomic mass is 16.2. The molecule has 5 heteroatoms.